The summed E-state index contributed by atoms with van der Waals surface area (Å²) in [6.07, 6.45) is 2.38. The average Bonchev–Trinajstić information content (AvgIpc) is 2.16. The Hall–Kier alpha value is -1.58. The molecule has 1 saturated carbocycles. The van der Waals surface area contributed by atoms with Crippen LogP contribution >= 0.6 is 0 Å². The summed E-state index contributed by atoms with van der Waals surface area (Å²) < 4.78 is 0. The number of rotatable bonds is 3. The molecular weight excluding hydrogens is 192 g/mol. The third-order valence-electron chi connectivity index (χ3n) is 2.82. The van der Waals surface area contributed by atoms with Crippen LogP contribution in [0.15, 0.2) is 24.3 Å². The van der Waals surface area contributed by atoms with Gasteiger partial charge in [-0.25, -0.2) is 0 Å². The van der Waals surface area contributed by atoms with Crippen molar-refractivity contribution in [1.82, 2.24) is 0 Å². The molecule has 15 heavy (non-hydrogen) atoms. The van der Waals surface area contributed by atoms with Gasteiger partial charge in [-0.1, -0.05) is 6.92 Å². The number of anilines is 1. The third-order valence-corrected chi connectivity index (χ3v) is 2.82. The normalized spacial score (nSPS) is 24.3. The molecule has 4 nitrogen and oxygen atoms in total. The number of nitro groups is 1. The molecule has 0 radical (unpaired) electrons. The molecule has 0 heterocycles. The lowest BCUT2D eigenvalue weighted by atomic mass is 9.82. The SMILES string of the molecule is CC1CC(Nc2ccc([N+](=O)[O-])cc2)C1. The van der Waals surface area contributed by atoms with Crippen LogP contribution in [0.4, 0.5) is 11.4 Å². The maximum absolute atomic E-state index is 10.4. The van der Waals surface area contributed by atoms with Crippen molar-refractivity contribution in [3.8, 4) is 0 Å². The molecule has 0 spiro atoms. The lowest BCUT2D eigenvalue weighted by molar-refractivity contribution is -0.384. The predicted molar refractivity (Wildman–Crippen MR) is 58.9 cm³/mol. The number of benzene rings is 1. The fraction of sp³-hybridized carbons (Fsp3) is 0.455. The quantitative estimate of drug-likeness (QED) is 0.611. The summed E-state index contributed by atoms with van der Waals surface area (Å²) in [5, 5.41) is 13.8. The second kappa shape index (κ2) is 3.88. The summed E-state index contributed by atoms with van der Waals surface area (Å²) in [6.45, 7) is 2.23. The summed E-state index contributed by atoms with van der Waals surface area (Å²) in [5.41, 5.74) is 1.11. The molecular formula is C11H14N2O2. The highest BCUT2D eigenvalue weighted by atomic mass is 16.6. The molecule has 0 aromatic heterocycles. The van der Waals surface area contributed by atoms with Crippen molar-refractivity contribution in [3.63, 3.8) is 0 Å². The molecule has 80 valence electrons. The van der Waals surface area contributed by atoms with Crippen LogP contribution in [-0.2, 0) is 0 Å². The molecule has 0 aliphatic heterocycles. The molecule has 4 heteroatoms. The summed E-state index contributed by atoms with van der Waals surface area (Å²) in [6, 6.07) is 7.14. The molecule has 0 atom stereocenters. The number of hydrogen-bond donors (Lipinski definition) is 1. The number of hydrogen-bond acceptors (Lipinski definition) is 3. The zero-order valence-corrected chi connectivity index (χ0v) is 8.64. The summed E-state index contributed by atoms with van der Waals surface area (Å²) in [7, 11) is 0. The van der Waals surface area contributed by atoms with Gasteiger partial charge in [0.25, 0.3) is 5.69 Å². The molecule has 0 amide bonds. The van der Waals surface area contributed by atoms with E-state index in [4.69, 9.17) is 0 Å². The minimum Gasteiger partial charge on any atom is -0.382 e. The van der Waals surface area contributed by atoms with Crippen LogP contribution in [0, 0.1) is 16.0 Å². The van der Waals surface area contributed by atoms with Gasteiger partial charge in [-0.2, -0.15) is 0 Å². The molecule has 0 saturated heterocycles. The first-order chi connectivity index (χ1) is 7.15. The zero-order chi connectivity index (χ0) is 10.8. The highest BCUT2D eigenvalue weighted by molar-refractivity contribution is 5.49. The fourth-order valence-corrected chi connectivity index (χ4v) is 1.94. The Morgan fingerprint density at radius 1 is 1.33 bits per heavy atom. The number of nitro benzene ring substituents is 1. The standard InChI is InChI=1S/C11H14N2O2/c1-8-6-10(7-8)12-9-2-4-11(5-3-9)13(14)15/h2-5,8,10,12H,6-7H2,1H3. The lowest BCUT2D eigenvalue weighted by Crippen LogP contribution is -2.33. The highest BCUT2D eigenvalue weighted by Crippen LogP contribution is 2.29. The van der Waals surface area contributed by atoms with Crippen LogP contribution in [-0.4, -0.2) is 11.0 Å². The minimum absolute atomic E-state index is 0.141. The van der Waals surface area contributed by atoms with Crippen LogP contribution in [0.3, 0.4) is 0 Å². The van der Waals surface area contributed by atoms with Gasteiger partial charge >= 0.3 is 0 Å². The molecule has 1 aliphatic carbocycles. The molecule has 1 aromatic carbocycles. The van der Waals surface area contributed by atoms with Gasteiger partial charge in [0, 0.05) is 23.9 Å². The van der Waals surface area contributed by atoms with E-state index in [9.17, 15) is 10.1 Å². The number of nitrogens with one attached hydrogen (secondary N) is 1. The van der Waals surface area contributed by atoms with Gasteiger partial charge in [0.15, 0.2) is 0 Å². The van der Waals surface area contributed by atoms with Crippen LogP contribution in [0.5, 0.6) is 0 Å². The second-order valence-corrected chi connectivity index (χ2v) is 4.22. The lowest BCUT2D eigenvalue weighted by Gasteiger charge is -2.34. The largest absolute Gasteiger partial charge is 0.382 e. The maximum Gasteiger partial charge on any atom is 0.269 e. The topological polar surface area (TPSA) is 55.2 Å². The van der Waals surface area contributed by atoms with E-state index in [1.807, 2.05) is 0 Å². The Morgan fingerprint density at radius 2 is 1.93 bits per heavy atom. The van der Waals surface area contributed by atoms with Crippen LogP contribution < -0.4 is 5.32 Å². The Kier molecular flexibility index (Phi) is 2.58. The van der Waals surface area contributed by atoms with Crippen molar-refractivity contribution in [1.29, 1.82) is 0 Å². The van der Waals surface area contributed by atoms with Gasteiger partial charge < -0.3 is 5.32 Å². The van der Waals surface area contributed by atoms with Gasteiger partial charge in [0.2, 0.25) is 0 Å². The van der Waals surface area contributed by atoms with Crippen LogP contribution in [0.1, 0.15) is 19.8 Å². The van der Waals surface area contributed by atoms with E-state index >= 15 is 0 Å². The van der Waals surface area contributed by atoms with E-state index in [0.29, 0.717) is 6.04 Å². The predicted octanol–water partition coefficient (Wildman–Crippen LogP) is 2.81. The van der Waals surface area contributed by atoms with Crippen LogP contribution in [0.2, 0.25) is 0 Å². The zero-order valence-electron chi connectivity index (χ0n) is 8.64. The minimum atomic E-state index is -0.380. The Balaban J connectivity index is 1.95. The number of non-ortho nitro benzene ring substituents is 1. The maximum atomic E-state index is 10.4. The van der Waals surface area contributed by atoms with Crippen molar-refractivity contribution in [2.45, 2.75) is 25.8 Å². The average molecular weight is 206 g/mol. The van der Waals surface area contributed by atoms with Gasteiger partial charge in [0.05, 0.1) is 4.92 Å². The van der Waals surface area contributed by atoms with Crippen LogP contribution in [0.25, 0.3) is 0 Å². The summed E-state index contributed by atoms with van der Waals surface area (Å²) >= 11 is 0. The van der Waals surface area contributed by atoms with E-state index in [1.54, 1.807) is 12.1 Å². The molecule has 0 unspecified atom stereocenters. The van der Waals surface area contributed by atoms with Gasteiger partial charge in [-0.05, 0) is 30.9 Å². The van der Waals surface area contributed by atoms with E-state index in [2.05, 4.69) is 12.2 Å². The van der Waals surface area contributed by atoms with Crippen molar-refractivity contribution in [3.05, 3.63) is 34.4 Å². The fourth-order valence-electron chi connectivity index (χ4n) is 1.94. The highest BCUT2D eigenvalue weighted by Gasteiger charge is 2.24. The second-order valence-electron chi connectivity index (χ2n) is 4.22. The van der Waals surface area contributed by atoms with Gasteiger partial charge in [-0.15, -0.1) is 0 Å². The Labute approximate surface area is 88.5 Å². The van der Waals surface area contributed by atoms with E-state index in [0.717, 1.165) is 11.6 Å². The molecule has 1 fully saturated rings. The van der Waals surface area contributed by atoms with Gasteiger partial charge in [-0.3, -0.25) is 10.1 Å². The van der Waals surface area contributed by atoms with Crippen molar-refractivity contribution in [2.75, 3.05) is 5.32 Å². The van der Waals surface area contributed by atoms with E-state index < -0.39 is 0 Å². The van der Waals surface area contributed by atoms with Crippen molar-refractivity contribution >= 4 is 11.4 Å². The molecule has 1 N–H and O–H groups in total. The Morgan fingerprint density at radius 3 is 2.40 bits per heavy atom. The monoisotopic (exact) mass is 206 g/mol. The summed E-state index contributed by atoms with van der Waals surface area (Å²) in [5.74, 6) is 0.806. The smallest absolute Gasteiger partial charge is 0.269 e. The van der Waals surface area contributed by atoms with Crippen molar-refractivity contribution < 1.29 is 4.92 Å². The molecule has 1 aliphatic rings. The third kappa shape index (κ3) is 2.26. The van der Waals surface area contributed by atoms with Gasteiger partial charge in [0.1, 0.15) is 0 Å². The molecule has 0 bridgehead atoms. The first-order valence-corrected chi connectivity index (χ1v) is 5.16. The first-order valence-electron chi connectivity index (χ1n) is 5.16. The number of nitrogens with zero attached hydrogens (tertiary/aromatic N) is 1. The van der Waals surface area contributed by atoms with E-state index in [1.165, 1.54) is 25.0 Å². The first kappa shape index (κ1) is 9.96. The van der Waals surface area contributed by atoms with E-state index in [-0.39, 0.29) is 10.6 Å². The molecule has 1 aromatic rings. The summed E-state index contributed by atoms with van der Waals surface area (Å²) in [4.78, 5) is 10.1. The molecule has 2 rings (SSSR count). The van der Waals surface area contributed by atoms with Crippen molar-refractivity contribution in [2.24, 2.45) is 5.92 Å². The Bertz CT molecular complexity index is 355.